The molecule has 2 unspecified atom stereocenters. The fraction of sp³-hybridized carbons (Fsp3) is 0.118. The van der Waals surface area contributed by atoms with E-state index in [1.165, 1.54) is 83.5 Å². The molecule has 2 atom stereocenters. The SMILES string of the molecule is CCC(C)c1ccc(Oc2ccc(C3(c4cc(C)cc(C)c4)c4ccccc4-c4ccc(N(c5ccccc5)c5ccc6c(c5)C(c5ccccc5)(c5ccccc5)c5ccccc5-6)cc43)cc2)cc1. The van der Waals surface area contributed by atoms with Crippen LogP contribution in [0.15, 0.2) is 243 Å². The Kier molecular flexibility index (Phi) is 10.7. The molecule has 70 heavy (non-hydrogen) atoms. The van der Waals surface area contributed by atoms with E-state index in [0.717, 1.165) is 35.0 Å². The molecule has 0 heterocycles. The lowest BCUT2D eigenvalue weighted by molar-refractivity contribution is 0.481. The second-order valence-corrected chi connectivity index (χ2v) is 19.3. The van der Waals surface area contributed by atoms with Gasteiger partial charge in [0.2, 0.25) is 0 Å². The molecule has 0 aromatic heterocycles. The molecule has 10 aromatic rings. The van der Waals surface area contributed by atoms with E-state index in [-0.39, 0.29) is 0 Å². The Morgan fingerprint density at radius 2 is 0.786 bits per heavy atom. The van der Waals surface area contributed by atoms with E-state index in [1.807, 2.05) is 0 Å². The summed E-state index contributed by atoms with van der Waals surface area (Å²) in [6.07, 6.45) is 1.11. The molecule has 0 N–H and O–H groups in total. The molecular formula is C68H55NO. The molecule has 0 bridgehead atoms. The quantitative estimate of drug-likeness (QED) is 0.128. The normalized spacial score (nSPS) is 15.3. The topological polar surface area (TPSA) is 12.5 Å². The first-order chi connectivity index (χ1) is 34.4. The fourth-order valence-corrected chi connectivity index (χ4v) is 12.0. The monoisotopic (exact) mass is 901 g/mol. The number of ether oxygens (including phenoxy) is 1. The Morgan fingerprint density at radius 1 is 0.371 bits per heavy atom. The van der Waals surface area contributed by atoms with Crippen molar-refractivity contribution in [1.82, 2.24) is 0 Å². The highest BCUT2D eigenvalue weighted by atomic mass is 16.5. The minimum atomic E-state index is -0.632. The Balaban J connectivity index is 1.06. The van der Waals surface area contributed by atoms with E-state index in [2.05, 4.69) is 275 Å². The minimum Gasteiger partial charge on any atom is -0.457 e. The van der Waals surface area contributed by atoms with Crippen LogP contribution in [0.25, 0.3) is 22.3 Å². The number of anilines is 3. The lowest BCUT2D eigenvalue weighted by atomic mass is 9.67. The van der Waals surface area contributed by atoms with Crippen LogP contribution in [0.5, 0.6) is 11.5 Å². The maximum atomic E-state index is 6.55. The van der Waals surface area contributed by atoms with Gasteiger partial charge in [-0.2, -0.15) is 0 Å². The standard InChI is InChI=1S/C68H55NO/c1-5-48(4)49-29-35-57(36-30-49)70-58-37-31-52(32-38-58)68(53-42-46(2)41-47(3)43-53)64-28-18-16-26-60(64)62-40-34-56(45-66(62)68)69(54-23-13-8-14-24-54)55-33-39-61-59-25-15-17-27-63(59)67(65(61)44-55,50-19-9-6-10-20-50)51-21-11-7-12-22-51/h6-45,48H,5H2,1-4H3. The van der Waals surface area contributed by atoms with Crippen molar-refractivity contribution in [1.29, 1.82) is 0 Å². The summed E-state index contributed by atoms with van der Waals surface area (Å²) in [5, 5.41) is 0. The molecule has 0 radical (unpaired) electrons. The van der Waals surface area contributed by atoms with Crippen LogP contribution in [-0.4, -0.2) is 0 Å². The van der Waals surface area contributed by atoms with Gasteiger partial charge >= 0.3 is 0 Å². The van der Waals surface area contributed by atoms with Crippen molar-refractivity contribution >= 4 is 17.1 Å². The zero-order valence-corrected chi connectivity index (χ0v) is 40.2. The van der Waals surface area contributed by atoms with Gasteiger partial charge in [-0.25, -0.2) is 0 Å². The Labute approximate surface area is 413 Å². The first-order valence-corrected chi connectivity index (χ1v) is 24.8. The summed E-state index contributed by atoms with van der Waals surface area (Å²) in [4.78, 5) is 2.46. The van der Waals surface area contributed by atoms with Gasteiger partial charge in [-0.05, 0) is 159 Å². The first kappa shape index (κ1) is 43.1. The van der Waals surface area contributed by atoms with Gasteiger partial charge in [0.15, 0.2) is 0 Å². The molecule has 10 aromatic carbocycles. The summed E-state index contributed by atoms with van der Waals surface area (Å²) in [5.41, 5.74) is 21.0. The van der Waals surface area contributed by atoms with E-state index >= 15 is 0 Å². The van der Waals surface area contributed by atoms with Crippen molar-refractivity contribution in [2.75, 3.05) is 4.90 Å². The zero-order valence-electron chi connectivity index (χ0n) is 40.2. The molecule has 2 aliphatic rings. The summed E-state index contributed by atoms with van der Waals surface area (Å²) in [6, 6.07) is 89.9. The molecule has 2 nitrogen and oxygen atoms in total. The van der Waals surface area contributed by atoms with Gasteiger partial charge in [0.1, 0.15) is 11.5 Å². The van der Waals surface area contributed by atoms with Crippen LogP contribution in [0, 0.1) is 13.8 Å². The number of hydrogen-bond acceptors (Lipinski definition) is 2. The summed E-state index contributed by atoms with van der Waals surface area (Å²) in [7, 11) is 0. The molecule has 0 saturated heterocycles. The molecule has 12 rings (SSSR count). The average molecular weight is 902 g/mol. The molecular weight excluding hydrogens is 847 g/mol. The van der Waals surface area contributed by atoms with Gasteiger partial charge in [0.05, 0.1) is 10.8 Å². The van der Waals surface area contributed by atoms with Crippen LogP contribution in [0.4, 0.5) is 17.1 Å². The second-order valence-electron chi connectivity index (χ2n) is 19.3. The van der Waals surface area contributed by atoms with Crippen LogP contribution >= 0.6 is 0 Å². The number of fused-ring (bicyclic) bond motifs is 6. The smallest absolute Gasteiger partial charge is 0.127 e. The Morgan fingerprint density at radius 3 is 1.29 bits per heavy atom. The molecule has 338 valence electrons. The third-order valence-corrected chi connectivity index (χ3v) is 15.2. The van der Waals surface area contributed by atoms with E-state index in [9.17, 15) is 0 Å². The highest BCUT2D eigenvalue weighted by Gasteiger charge is 2.48. The summed E-state index contributed by atoms with van der Waals surface area (Å²) in [5.74, 6) is 2.16. The van der Waals surface area contributed by atoms with Crippen LogP contribution in [0.3, 0.4) is 0 Å². The predicted octanol–water partition coefficient (Wildman–Crippen LogP) is 17.8. The van der Waals surface area contributed by atoms with E-state index in [4.69, 9.17) is 4.74 Å². The molecule has 0 amide bonds. The van der Waals surface area contributed by atoms with Crippen molar-refractivity contribution in [3.63, 3.8) is 0 Å². The lowest BCUT2D eigenvalue weighted by Crippen LogP contribution is -2.29. The molecule has 0 saturated carbocycles. The summed E-state index contributed by atoms with van der Waals surface area (Å²) >= 11 is 0. The molecule has 0 aliphatic heterocycles. The van der Waals surface area contributed by atoms with E-state index < -0.39 is 10.8 Å². The third-order valence-electron chi connectivity index (χ3n) is 15.2. The largest absolute Gasteiger partial charge is 0.457 e. The lowest BCUT2D eigenvalue weighted by Gasteiger charge is -2.36. The fourth-order valence-electron chi connectivity index (χ4n) is 12.0. The number of hydrogen-bond donors (Lipinski definition) is 0. The third kappa shape index (κ3) is 6.84. The van der Waals surface area contributed by atoms with Crippen LogP contribution in [-0.2, 0) is 10.8 Å². The second kappa shape index (κ2) is 17.4. The van der Waals surface area contributed by atoms with Crippen molar-refractivity contribution in [3.05, 3.63) is 304 Å². The van der Waals surface area contributed by atoms with Crippen LogP contribution < -0.4 is 9.64 Å². The van der Waals surface area contributed by atoms with Gasteiger partial charge in [-0.3, -0.25) is 0 Å². The van der Waals surface area contributed by atoms with Gasteiger partial charge in [0, 0.05) is 17.1 Å². The van der Waals surface area contributed by atoms with Gasteiger partial charge < -0.3 is 9.64 Å². The van der Waals surface area contributed by atoms with Gasteiger partial charge in [0.25, 0.3) is 0 Å². The van der Waals surface area contributed by atoms with Gasteiger partial charge in [-0.1, -0.05) is 207 Å². The zero-order chi connectivity index (χ0) is 47.4. The maximum Gasteiger partial charge on any atom is 0.127 e. The molecule has 2 heteroatoms. The van der Waals surface area contributed by atoms with Crippen molar-refractivity contribution < 1.29 is 4.74 Å². The number of nitrogens with zero attached hydrogens (tertiary/aromatic N) is 1. The van der Waals surface area contributed by atoms with E-state index in [0.29, 0.717) is 5.92 Å². The number of benzene rings is 10. The Bertz CT molecular complexity index is 3460. The highest BCUT2D eigenvalue weighted by molar-refractivity contribution is 5.92. The number of aryl methyl sites for hydroxylation is 2. The molecule has 2 aliphatic carbocycles. The minimum absolute atomic E-state index is 0.511. The maximum absolute atomic E-state index is 6.55. The predicted molar refractivity (Wildman–Crippen MR) is 290 cm³/mol. The average Bonchev–Trinajstić information content (AvgIpc) is 3.87. The van der Waals surface area contributed by atoms with Crippen molar-refractivity contribution in [3.8, 4) is 33.8 Å². The van der Waals surface area contributed by atoms with Crippen LogP contribution in [0.2, 0.25) is 0 Å². The van der Waals surface area contributed by atoms with Crippen molar-refractivity contribution in [2.45, 2.75) is 50.9 Å². The highest BCUT2D eigenvalue weighted by Crippen LogP contribution is 2.60. The molecule has 0 fully saturated rings. The number of rotatable bonds is 11. The molecule has 0 spiro atoms. The van der Waals surface area contributed by atoms with Crippen LogP contribution in [0.1, 0.15) is 87.4 Å². The van der Waals surface area contributed by atoms with Crippen molar-refractivity contribution in [2.24, 2.45) is 0 Å². The first-order valence-electron chi connectivity index (χ1n) is 24.8. The summed E-state index contributed by atoms with van der Waals surface area (Å²) < 4.78 is 6.55. The van der Waals surface area contributed by atoms with Gasteiger partial charge in [-0.15, -0.1) is 0 Å². The van der Waals surface area contributed by atoms with E-state index in [1.54, 1.807) is 0 Å². The Hall–Kier alpha value is -8.20. The summed E-state index contributed by atoms with van der Waals surface area (Å²) in [6.45, 7) is 8.95. The number of para-hydroxylation sites is 1.